The van der Waals surface area contributed by atoms with Crippen molar-refractivity contribution in [1.29, 1.82) is 0 Å². The van der Waals surface area contributed by atoms with Gasteiger partial charge in [0.25, 0.3) is 0 Å². The highest BCUT2D eigenvalue weighted by molar-refractivity contribution is 7.89. The summed E-state index contributed by atoms with van der Waals surface area (Å²) in [4.78, 5) is 0.0365. The van der Waals surface area contributed by atoms with Gasteiger partial charge in [-0.2, -0.15) is 0 Å². The van der Waals surface area contributed by atoms with E-state index < -0.39 is 15.8 Å². The lowest BCUT2D eigenvalue weighted by Crippen LogP contribution is -2.23. The number of fused-ring (bicyclic) bond motifs is 1. The summed E-state index contributed by atoms with van der Waals surface area (Å²) in [7, 11) is -2.06. The summed E-state index contributed by atoms with van der Waals surface area (Å²) in [5.74, 6) is 0.297. The molecule has 24 heavy (non-hydrogen) atoms. The van der Waals surface area contributed by atoms with Gasteiger partial charge < -0.3 is 4.74 Å². The molecule has 0 atom stereocenters. The molecule has 0 radical (unpaired) electrons. The molecule has 3 aromatic carbocycles. The van der Waals surface area contributed by atoms with Crippen LogP contribution in [0.4, 0.5) is 4.39 Å². The number of benzene rings is 3. The predicted molar refractivity (Wildman–Crippen MR) is 90.9 cm³/mol. The Labute approximate surface area is 139 Å². The Kier molecular flexibility index (Phi) is 4.51. The van der Waals surface area contributed by atoms with Crippen LogP contribution < -0.4 is 9.46 Å². The molecular formula is C18H16FNO3S. The Morgan fingerprint density at radius 1 is 0.958 bits per heavy atom. The summed E-state index contributed by atoms with van der Waals surface area (Å²) in [6.07, 6.45) is 0. The molecule has 0 unspecified atom stereocenters. The molecule has 0 saturated carbocycles. The third-order valence-corrected chi connectivity index (χ3v) is 5.12. The number of rotatable bonds is 5. The van der Waals surface area contributed by atoms with Crippen molar-refractivity contribution in [3.8, 4) is 5.75 Å². The van der Waals surface area contributed by atoms with Crippen molar-refractivity contribution in [2.45, 2.75) is 11.4 Å². The van der Waals surface area contributed by atoms with Crippen LogP contribution in [0.3, 0.4) is 0 Å². The fourth-order valence-electron chi connectivity index (χ4n) is 2.39. The molecule has 3 rings (SSSR count). The van der Waals surface area contributed by atoms with Crippen LogP contribution in [0.2, 0.25) is 0 Å². The zero-order valence-corrected chi connectivity index (χ0v) is 13.8. The number of hydrogen-bond donors (Lipinski definition) is 1. The lowest BCUT2D eigenvalue weighted by Gasteiger charge is -2.08. The van der Waals surface area contributed by atoms with Crippen LogP contribution in [0.25, 0.3) is 10.8 Å². The summed E-state index contributed by atoms with van der Waals surface area (Å²) in [6, 6.07) is 16.1. The first-order valence-electron chi connectivity index (χ1n) is 7.30. The minimum atomic E-state index is -3.68. The summed E-state index contributed by atoms with van der Waals surface area (Å²) in [5, 5.41) is 2.01. The Morgan fingerprint density at radius 3 is 2.33 bits per heavy atom. The van der Waals surface area contributed by atoms with Gasteiger partial charge in [0, 0.05) is 6.54 Å². The molecule has 0 heterocycles. The zero-order valence-electron chi connectivity index (χ0n) is 13.0. The molecule has 3 aromatic rings. The maximum atomic E-state index is 12.9. The largest absolute Gasteiger partial charge is 0.497 e. The van der Waals surface area contributed by atoms with Gasteiger partial charge in [0.15, 0.2) is 0 Å². The first-order valence-corrected chi connectivity index (χ1v) is 8.78. The monoisotopic (exact) mass is 345 g/mol. The quantitative estimate of drug-likeness (QED) is 0.770. The van der Waals surface area contributed by atoms with Crippen LogP contribution in [-0.2, 0) is 16.6 Å². The van der Waals surface area contributed by atoms with Gasteiger partial charge in [-0.25, -0.2) is 17.5 Å². The maximum absolute atomic E-state index is 12.9. The smallest absolute Gasteiger partial charge is 0.240 e. The summed E-state index contributed by atoms with van der Waals surface area (Å²) in [5.41, 5.74) is 0.832. The van der Waals surface area contributed by atoms with Crippen molar-refractivity contribution >= 4 is 20.8 Å². The first kappa shape index (κ1) is 16.4. The average molecular weight is 345 g/mol. The molecule has 0 saturated heterocycles. The number of ether oxygens (including phenoxy) is 1. The number of hydrogen-bond acceptors (Lipinski definition) is 3. The van der Waals surface area contributed by atoms with Crippen LogP contribution in [0.15, 0.2) is 65.6 Å². The van der Waals surface area contributed by atoms with Crippen LogP contribution in [0.1, 0.15) is 5.56 Å². The fraction of sp³-hybridized carbons (Fsp3) is 0.111. The number of halogens is 1. The van der Waals surface area contributed by atoms with Gasteiger partial charge in [0.05, 0.1) is 12.0 Å². The van der Waals surface area contributed by atoms with Gasteiger partial charge in [-0.3, -0.25) is 0 Å². The van der Waals surface area contributed by atoms with E-state index in [-0.39, 0.29) is 11.4 Å². The molecule has 0 fully saturated rings. The van der Waals surface area contributed by atoms with Gasteiger partial charge in [-0.1, -0.05) is 18.2 Å². The third-order valence-electron chi connectivity index (χ3n) is 3.70. The Hall–Kier alpha value is -2.44. The SMILES string of the molecule is COc1ccc2cc(CNS(=O)(=O)c3ccc(F)cc3)ccc2c1. The molecule has 0 spiro atoms. The third kappa shape index (κ3) is 3.55. The van der Waals surface area contributed by atoms with Crippen molar-refractivity contribution in [2.75, 3.05) is 7.11 Å². The van der Waals surface area contributed by atoms with Crippen molar-refractivity contribution in [2.24, 2.45) is 0 Å². The zero-order chi connectivity index (χ0) is 17.2. The molecule has 124 valence electrons. The van der Waals surface area contributed by atoms with Crippen molar-refractivity contribution < 1.29 is 17.5 Å². The van der Waals surface area contributed by atoms with E-state index in [1.165, 1.54) is 12.1 Å². The molecule has 0 aliphatic heterocycles. The Balaban J connectivity index is 1.78. The van der Waals surface area contributed by atoms with E-state index in [1.54, 1.807) is 7.11 Å². The highest BCUT2D eigenvalue weighted by Gasteiger charge is 2.13. The molecule has 6 heteroatoms. The van der Waals surface area contributed by atoms with Gasteiger partial charge >= 0.3 is 0 Å². The van der Waals surface area contributed by atoms with Gasteiger partial charge in [0.1, 0.15) is 11.6 Å². The molecular weight excluding hydrogens is 329 g/mol. The molecule has 0 aliphatic rings. The standard InChI is InChI=1S/C18H16FNO3S/c1-23-17-7-4-14-10-13(2-3-15(14)11-17)12-20-24(21,22)18-8-5-16(19)6-9-18/h2-11,20H,12H2,1H3. The molecule has 0 aliphatic carbocycles. The van der Waals surface area contributed by atoms with E-state index in [1.807, 2.05) is 36.4 Å². The van der Waals surface area contributed by atoms with Crippen LogP contribution >= 0.6 is 0 Å². The van der Waals surface area contributed by atoms with Crippen LogP contribution in [0, 0.1) is 5.82 Å². The van der Waals surface area contributed by atoms with E-state index >= 15 is 0 Å². The molecule has 0 amide bonds. The average Bonchev–Trinajstić information content (AvgIpc) is 2.60. The van der Waals surface area contributed by atoms with Gasteiger partial charge in [-0.05, 0) is 58.8 Å². The van der Waals surface area contributed by atoms with Crippen molar-refractivity contribution in [3.63, 3.8) is 0 Å². The fourth-order valence-corrected chi connectivity index (χ4v) is 3.40. The summed E-state index contributed by atoms with van der Waals surface area (Å²) in [6.45, 7) is 0.154. The molecule has 0 aromatic heterocycles. The highest BCUT2D eigenvalue weighted by Crippen LogP contribution is 2.22. The summed E-state index contributed by atoms with van der Waals surface area (Å²) >= 11 is 0. The molecule has 1 N–H and O–H groups in total. The molecule has 4 nitrogen and oxygen atoms in total. The molecule has 0 bridgehead atoms. The van der Waals surface area contributed by atoms with Crippen LogP contribution in [0.5, 0.6) is 5.75 Å². The van der Waals surface area contributed by atoms with Crippen molar-refractivity contribution in [3.05, 3.63) is 72.0 Å². The number of sulfonamides is 1. The number of methoxy groups -OCH3 is 1. The van der Waals surface area contributed by atoms with Gasteiger partial charge in [0.2, 0.25) is 10.0 Å². The van der Waals surface area contributed by atoms with E-state index in [9.17, 15) is 12.8 Å². The first-order chi connectivity index (χ1) is 11.5. The summed E-state index contributed by atoms with van der Waals surface area (Å²) < 4.78 is 45.0. The minimum Gasteiger partial charge on any atom is -0.497 e. The van der Waals surface area contributed by atoms with Gasteiger partial charge in [-0.15, -0.1) is 0 Å². The second-order valence-electron chi connectivity index (χ2n) is 5.33. The Bertz CT molecular complexity index is 969. The Morgan fingerprint density at radius 2 is 1.62 bits per heavy atom. The second kappa shape index (κ2) is 6.59. The van der Waals surface area contributed by atoms with Crippen molar-refractivity contribution in [1.82, 2.24) is 4.72 Å². The maximum Gasteiger partial charge on any atom is 0.240 e. The topological polar surface area (TPSA) is 55.4 Å². The highest BCUT2D eigenvalue weighted by atomic mass is 32.2. The predicted octanol–water partition coefficient (Wildman–Crippen LogP) is 3.47. The van der Waals surface area contributed by atoms with Crippen LogP contribution in [-0.4, -0.2) is 15.5 Å². The lowest BCUT2D eigenvalue weighted by atomic mass is 10.1. The van der Waals surface area contributed by atoms with E-state index in [0.29, 0.717) is 0 Å². The van der Waals surface area contributed by atoms with E-state index in [4.69, 9.17) is 4.74 Å². The van der Waals surface area contributed by atoms with E-state index in [2.05, 4.69) is 4.72 Å². The number of nitrogens with one attached hydrogen (secondary N) is 1. The lowest BCUT2D eigenvalue weighted by molar-refractivity contribution is 0.415. The minimum absolute atomic E-state index is 0.0365. The second-order valence-corrected chi connectivity index (χ2v) is 7.09. The van der Waals surface area contributed by atoms with E-state index in [0.717, 1.165) is 34.2 Å². The normalized spacial score (nSPS) is 11.6.